The highest BCUT2D eigenvalue weighted by Crippen LogP contribution is 2.31. The standard InChI is InChI=1S/C18H15ClN4O2S/c1-23(20-10-12-6-2-3-7-13(12)17(24)22-25)18-21-16(11-26-18)14-8-4-5-9-15(14)19/h2-11,25H,1H3,(H,22,24). The van der Waals surface area contributed by atoms with Crippen molar-refractivity contribution in [1.82, 2.24) is 10.5 Å². The molecule has 2 N–H and O–H groups in total. The molecule has 6 nitrogen and oxygen atoms in total. The lowest BCUT2D eigenvalue weighted by Crippen LogP contribution is -2.20. The highest BCUT2D eigenvalue weighted by Gasteiger charge is 2.11. The lowest BCUT2D eigenvalue weighted by Gasteiger charge is -2.09. The van der Waals surface area contributed by atoms with Gasteiger partial charge < -0.3 is 0 Å². The van der Waals surface area contributed by atoms with Gasteiger partial charge in [-0.2, -0.15) is 5.10 Å². The Kier molecular flexibility index (Phi) is 5.62. The molecular weight excluding hydrogens is 372 g/mol. The quantitative estimate of drug-likeness (QED) is 0.394. The number of hydrogen-bond donors (Lipinski definition) is 2. The monoisotopic (exact) mass is 386 g/mol. The van der Waals surface area contributed by atoms with Gasteiger partial charge in [-0.25, -0.2) is 15.5 Å². The number of benzene rings is 2. The lowest BCUT2D eigenvalue weighted by atomic mass is 10.1. The first-order valence-electron chi connectivity index (χ1n) is 7.61. The molecule has 0 atom stereocenters. The summed E-state index contributed by atoms with van der Waals surface area (Å²) in [4.78, 5) is 16.2. The minimum atomic E-state index is -0.593. The molecule has 1 aromatic heterocycles. The van der Waals surface area contributed by atoms with Gasteiger partial charge in [0.2, 0.25) is 5.13 Å². The molecule has 2 aromatic carbocycles. The fourth-order valence-electron chi connectivity index (χ4n) is 2.28. The molecule has 0 bridgehead atoms. The Bertz CT molecular complexity index is 958. The molecule has 0 unspecified atom stereocenters. The van der Waals surface area contributed by atoms with E-state index in [-0.39, 0.29) is 0 Å². The molecular formula is C18H15ClN4O2S. The SMILES string of the molecule is CN(N=Cc1ccccc1C(=O)NO)c1nc(-c2ccccc2Cl)cs1. The first-order valence-corrected chi connectivity index (χ1v) is 8.87. The molecule has 1 heterocycles. The van der Waals surface area contributed by atoms with Crippen LogP contribution in [0.15, 0.2) is 59.0 Å². The average Bonchev–Trinajstić information content (AvgIpc) is 3.16. The summed E-state index contributed by atoms with van der Waals surface area (Å²) in [6, 6.07) is 14.3. The fourth-order valence-corrected chi connectivity index (χ4v) is 3.26. The second kappa shape index (κ2) is 8.09. The van der Waals surface area contributed by atoms with E-state index in [2.05, 4.69) is 10.1 Å². The molecule has 0 aliphatic rings. The van der Waals surface area contributed by atoms with Crippen molar-refractivity contribution >= 4 is 40.2 Å². The van der Waals surface area contributed by atoms with Crippen molar-refractivity contribution < 1.29 is 10.0 Å². The van der Waals surface area contributed by atoms with E-state index in [0.29, 0.717) is 21.3 Å². The first kappa shape index (κ1) is 18.1. The molecule has 0 fully saturated rings. The molecule has 26 heavy (non-hydrogen) atoms. The van der Waals surface area contributed by atoms with Crippen LogP contribution < -0.4 is 10.5 Å². The number of nitrogens with zero attached hydrogens (tertiary/aromatic N) is 3. The summed E-state index contributed by atoms with van der Waals surface area (Å²) in [6.45, 7) is 0. The van der Waals surface area contributed by atoms with Crippen LogP contribution >= 0.6 is 22.9 Å². The Balaban J connectivity index is 1.82. The number of rotatable bonds is 5. The maximum absolute atomic E-state index is 11.7. The number of thiazole rings is 1. The predicted molar refractivity (Wildman–Crippen MR) is 104 cm³/mol. The number of hydrogen-bond acceptors (Lipinski definition) is 6. The fraction of sp³-hybridized carbons (Fsp3) is 0.0556. The normalized spacial score (nSPS) is 10.9. The van der Waals surface area contributed by atoms with Crippen molar-refractivity contribution in [1.29, 1.82) is 0 Å². The molecule has 0 radical (unpaired) electrons. The van der Waals surface area contributed by atoms with Gasteiger partial charge in [0.15, 0.2) is 0 Å². The zero-order valence-electron chi connectivity index (χ0n) is 13.8. The van der Waals surface area contributed by atoms with Crippen molar-refractivity contribution in [3.05, 3.63) is 70.1 Å². The Morgan fingerprint density at radius 2 is 2.00 bits per heavy atom. The summed E-state index contributed by atoms with van der Waals surface area (Å²) in [7, 11) is 1.76. The smallest absolute Gasteiger partial charge is 0.275 e. The maximum atomic E-state index is 11.7. The van der Waals surface area contributed by atoms with Gasteiger partial charge in [0, 0.05) is 28.6 Å². The minimum Gasteiger partial charge on any atom is -0.288 e. The summed E-state index contributed by atoms with van der Waals surface area (Å²) >= 11 is 7.65. The molecule has 0 aliphatic carbocycles. The third kappa shape index (κ3) is 3.91. The zero-order chi connectivity index (χ0) is 18.5. The second-order valence-electron chi connectivity index (χ2n) is 5.29. The number of amides is 1. The summed E-state index contributed by atoms with van der Waals surface area (Å²) in [6.07, 6.45) is 1.54. The number of carbonyl (C=O) groups excluding carboxylic acids is 1. The average molecular weight is 387 g/mol. The van der Waals surface area contributed by atoms with Gasteiger partial charge in [0.1, 0.15) is 0 Å². The van der Waals surface area contributed by atoms with Crippen LogP contribution in [-0.2, 0) is 0 Å². The van der Waals surface area contributed by atoms with Gasteiger partial charge in [-0.05, 0) is 12.1 Å². The molecule has 8 heteroatoms. The number of carbonyl (C=O) groups is 1. The van der Waals surface area contributed by atoms with Gasteiger partial charge >= 0.3 is 0 Å². The summed E-state index contributed by atoms with van der Waals surface area (Å²) in [5, 5.41) is 18.0. The largest absolute Gasteiger partial charge is 0.288 e. The molecule has 3 rings (SSSR count). The second-order valence-corrected chi connectivity index (χ2v) is 6.54. The van der Waals surface area contributed by atoms with Gasteiger partial charge in [-0.1, -0.05) is 48.0 Å². The van der Waals surface area contributed by atoms with Gasteiger partial charge in [0.05, 0.1) is 17.5 Å². The van der Waals surface area contributed by atoms with E-state index >= 15 is 0 Å². The topological polar surface area (TPSA) is 77.8 Å². The van der Waals surface area contributed by atoms with E-state index in [1.807, 2.05) is 29.6 Å². The number of halogens is 1. The van der Waals surface area contributed by atoms with E-state index in [1.54, 1.807) is 48.0 Å². The minimum absolute atomic E-state index is 0.322. The molecule has 0 saturated carbocycles. The van der Waals surface area contributed by atoms with E-state index in [0.717, 1.165) is 11.3 Å². The van der Waals surface area contributed by atoms with E-state index in [4.69, 9.17) is 16.8 Å². The van der Waals surface area contributed by atoms with E-state index in [1.165, 1.54) is 11.3 Å². The van der Waals surface area contributed by atoms with Crippen LogP contribution in [0.2, 0.25) is 5.02 Å². The van der Waals surface area contributed by atoms with Gasteiger partial charge in [-0.3, -0.25) is 10.0 Å². The van der Waals surface area contributed by atoms with Gasteiger partial charge in [0.25, 0.3) is 5.91 Å². The van der Waals surface area contributed by atoms with Crippen LogP contribution in [0.25, 0.3) is 11.3 Å². The summed E-state index contributed by atoms with van der Waals surface area (Å²) in [5.41, 5.74) is 4.17. The Morgan fingerprint density at radius 3 is 2.77 bits per heavy atom. The molecule has 132 valence electrons. The van der Waals surface area contributed by atoms with Crippen LogP contribution in [0.4, 0.5) is 5.13 Å². The van der Waals surface area contributed by atoms with Crippen LogP contribution in [0.5, 0.6) is 0 Å². The maximum Gasteiger partial charge on any atom is 0.275 e. The van der Waals surface area contributed by atoms with Crippen molar-refractivity contribution in [3.8, 4) is 11.3 Å². The van der Waals surface area contributed by atoms with Gasteiger partial charge in [-0.15, -0.1) is 11.3 Å². The van der Waals surface area contributed by atoms with Crippen molar-refractivity contribution in [2.45, 2.75) is 0 Å². The van der Waals surface area contributed by atoms with Crippen LogP contribution in [-0.4, -0.2) is 29.4 Å². The van der Waals surface area contributed by atoms with E-state index in [9.17, 15) is 4.79 Å². The van der Waals surface area contributed by atoms with Crippen LogP contribution in [0, 0.1) is 0 Å². The zero-order valence-corrected chi connectivity index (χ0v) is 15.3. The van der Waals surface area contributed by atoms with Crippen LogP contribution in [0.1, 0.15) is 15.9 Å². The van der Waals surface area contributed by atoms with E-state index < -0.39 is 5.91 Å². The highest BCUT2D eigenvalue weighted by molar-refractivity contribution is 7.14. The Labute approximate surface area is 159 Å². The molecule has 0 saturated heterocycles. The number of anilines is 1. The Morgan fingerprint density at radius 1 is 1.27 bits per heavy atom. The summed E-state index contributed by atoms with van der Waals surface area (Å²) in [5.74, 6) is -0.593. The molecule has 3 aromatic rings. The number of hydrazone groups is 1. The van der Waals surface area contributed by atoms with Crippen LogP contribution in [0.3, 0.4) is 0 Å². The highest BCUT2D eigenvalue weighted by atomic mass is 35.5. The number of nitrogens with one attached hydrogen (secondary N) is 1. The van der Waals surface area contributed by atoms with Crippen molar-refractivity contribution in [2.75, 3.05) is 12.1 Å². The first-order chi connectivity index (χ1) is 12.6. The lowest BCUT2D eigenvalue weighted by molar-refractivity contribution is 0.0706. The summed E-state index contributed by atoms with van der Waals surface area (Å²) < 4.78 is 0. The third-order valence-electron chi connectivity index (χ3n) is 3.60. The molecule has 0 spiro atoms. The van der Waals surface area contributed by atoms with Crippen molar-refractivity contribution in [2.24, 2.45) is 5.10 Å². The third-order valence-corrected chi connectivity index (χ3v) is 4.83. The Hall–Kier alpha value is -2.74. The number of aromatic nitrogens is 1. The molecule has 1 amide bonds. The number of hydroxylamine groups is 1. The van der Waals surface area contributed by atoms with Crippen molar-refractivity contribution in [3.63, 3.8) is 0 Å². The molecule has 0 aliphatic heterocycles. The predicted octanol–water partition coefficient (Wildman–Crippen LogP) is 4.05.